The number of alkyl halides is 1. The average molecular weight is 326 g/mol. The fraction of sp³-hybridized carbons (Fsp3) is 0.467. The monoisotopic (exact) mass is 325 g/mol. The minimum atomic E-state index is 0.125. The van der Waals surface area contributed by atoms with E-state index in [2.05, 4.69) is 4.98 Å². The molecule has 2 aromatic rings. The molecular formula is C15H17Cl2N3O. The number of aromatic nitrogens is 2. The lowest BCUT2D eigenvalue weighted by atomic mass is 10.1. The number of hydrogen-bond acceptors (Lipinski definition) is 2. The van der Waals surface area contributed by atoms with Gasteiger partial charge in [-0.05, 0) is 31.4 Å². The largest absolute Gasteiger partial charge is 0.341 e. The van der Waals surface area contributed by atoms with Gasteiger partial charge in [0, 0.05) is 13.1 Å². The summed E-state index contributed by atoms with van der Waals surface area (Å²) in [6.45, 7) is 1.98. The summed E-state index contributed by atoms with van der Waals surface area (Å²) in [6, 6.07) is 5.59. The molecular weight excluding hydrogens is 309 g/mol. The molecule has 21 heavy (non-hydrogen) atoms. The summed E-state index contributed by atoms with van der Waals surface area (Å²) in [7, 11) is 0. The first-order valence-electron chi connectivity index (χ1n) is 7.18. The molecule has 0 N–H and O–H groups in total. The summed E-state index contributed by atoms with van der Waals surface area (Å²) in [6.07, 6.45) is 3.38. The maximum atomic E-state index is 12.5. The first kappa shape index (κ1) is 14.7. The van der Waals surface area contributed by atoms with E-state index in [4.69, 9.17) is 23.2 Å². The predicted molar refractivity (Wildman–Crippen MR) is 84.7 cm³/mol. The smallest absolute Gasteiger partial charge is 0.242 e. The Morgan fingerprint density at radius 2 is 2.00 bits per heavy atom. The Morgan fingerprint density at radius 1 is 1.24 bits per heavy atom. The molecule has 0 radical (unpaired) electrons. The summed E-state index contributed by atoms with van der Waals surface area (Å²) < 4.78 is 1.88. The molecule has 4 nitrogen and oxygen atoms in total. The minimum Gasteiger partial charge on any atom is -0.341 e. The van der Waals surface area contributed by atoms with Gasteiger partial charge in [0.2, 0.25) is 5.91 Å². The van der Waals surface area contributed by atoms with Crippen LogP contribution >= 0.6 is 23.2 Å². The first-order valence-corrected chi connectivity index (χ1v) is 8.09. The first-order chi connectivity index (χ1) is 10.2. The second kappa shape index (κ2) is 6.24. The molecule has 0 spiro atoms. The zero-order valence-corrected chi connectivity index (χ0v) is 13.2. The molecule has 1 aromatic heterocycles. The van der Waals surface area contributed by atoms with Gasteiger partial charge in [-0.15, -0.1) is 11.6 Å². The summed E-state index contributed by atoms with van der Waals surface area (Å²) in [5, 5.41) is 0.586. The highest BCUT2D eigenvalue weighted by Crippen LogP contribution is 2.25. The van der Waals surface area contributed by atoms with Crippen molar-refractivity contribution in [3.05, 3.63) is 29.0 Å². The molecule has 1 saturated heterocycles. The van der Waals surface area contributed by atoms with Crippen molar-refractivity contribution >= 4 is 40.1 Å². The molecule has 0 saturated carbocycles. The third kappa shape index (κ3) is 2.87. The van der Waals surface area contributed by atoms with Crippen molar-refractivity contribution in [2.75, 3.05) is 13.1 Å². The number of hydrogen-bond donors (Lipinski definition) is 0. The number of rotatable bonds is 3. The molecule has 1 amide bonds. The van der Waals surface area contributed by atoms with E-state index >= 15 is 0 Å². The van der Waals surface area contributed by atoms with Crippen LogP contribution in [0.2, 0.25) is 5.02 Å². The fourth-order valence-corrected chi connectivity index (χ4v) is 3.23. The van der Waals surface area contributed by atoms with Crippen molar-refractivity contribution in [1.82, 2.24) is 14.5 Å². The number of benzene rings is 1. The van der Waals surface area contributed by atoms with E-state index in [0.29, 0.717) is 16.4 Å². The summed E-state index contributed by atoms with van der Waals surface area (Å²) in [5.74, 6) is 1.07. The second-order valence-corrected chi connectivity index (χ2v) is 5.97. The van der Waals surface area contributed by atoms with E-state index < -0.39 is 0 Å². The molecule has 1 aliphatic rings. The van der Waals surface area contributed by atoms with Crippen LogP contribution in [0.4, 0.5) is 0 Å². The van der Waals surface area contributed by atoms with Crippen molar-refractivity contribution in [3.8, 4) is 0 Å². The average Bonchev–Trinajstić information content (AvgIpc) is 2.87. The Hall–Kier alpha value is -1.26. The van der Waals surface area contributed by atoms with Gasteiger partial charge in [0.1, 0.15) is 17.9 Å². The number of carbonyl (C=O) groups is 1. The van der Waals surface area contributed by atoms with Gasteiger partial charge in [-0.25, -0.2) is 4.98 Å². The van der Waals surface area contributed by atoms with Crippen LogP contribution in [0.1, 0.15) is 25.1 Å². The van der Waals surface area contributed by atoms with Crippen molar-refractivity contribution in [2.24, 2.45) is 0 Å². The van der Waals surface area contributed by atoms with Crippen molar-refractivity contribution < 1.29 is 4.79 Å². The zero-order valence-electron chi connectivity index (χ0n) is 11.7. The highest BCUT2D eigenvalue weighted by atomic mass is 35.5. The topological polar surface area (TPSA) is 38.1 Å². The van der Waals surface area contributed by atoms with Crippen LogP contribution in [-0.4, -0.2) is 33.4 Å². The summed E-state index contributed by atoms with van der Waals surface area (Å²) in [4.78, 5) is 18.8. The third-order valence-corrected chi connectivity index (χ3v) is 4.47. The van der Waals surface area contributed by atoms with E-state index in [1.54, 1.807) is 6.07 Å². The molecule has 1 fully saturated rings. The van der Waals surface area contributed by atoms with Crippen LogP contribution < -0.4 is 0 Å². The van der Waals surface area contributed by atoms with Gasteiger partial charge in [-0.3, -0.25) is 4.79 Å². The van der Waals surface area contributed by atoms with Crippen LogP contribution in [0.5, 0.6) is 0 Å². The molecule has 1 aliphatic heterocycles. The molecule has 0 aliphatic carbocycles. The van der Waals surface area contributed by atoms with Crippen molar-refractivity contribution in [2.45, 2.75) is 31.7 Å². The Morgan fingerprint density at radius 3 is 2.71 bits per heavy atom. The molecule has 0 unspecified atom stereocenters. The number of carbonyl (C=O) groups excluding carboxylic acids is 1. The van der Waals surface area contributed by atoms with E-state index in [1.165, 1.54) is 6.42 Å². The molecule has 3 rings (SSSR count). The summed E-state index contributed by atoms with van der Waals surface area (Å²) >= 11 is 12.1. The van der Waals surface area contributed by atoms with Gasteiger partial charge in [0.15, 0.2) is 0 Å². The van der Waals surface area contributed by atoms with Crippen molar-refractivity contribution in [3.63, 3.8) is 0 Å². The quantitative estimate of drug-likeness (QED) is 0.811. The number of fused-ring (bicyclic) bond motifs is 1. The van der Waals surface area contributed by atoms with Gasteiger partial charge in [0.05, 0.1) is 16.4 Å². The van der Waals surface area contributed by atoms with E-state index in [9.17, 15) is 4.79 Å². The minimum absolute atomic E-state index is 0.125. The van der Waals surface area contributed by atoms with E-state index in [0.717, 1.165) is 31.4 Å². The van der Waals surface area contributed by atoms with Gasteiger partial charge in [0.25, 0.3) is 0 Å². The van der Waals surface area contributed by atoms with Crippen molar-refractivity contribution in [1.29, 1.82) is 0 Å². The normalized spacial score (nSPS) is 15.6. The number of para-hydroxylation sites is 1. The van der Waals surface area contributed by atoms with Gasteiger partial charge in [-0.1, -0.05) is 17.7 Å². The lowest BCUT2D eigenvalue weighted by molar-refractivity contribution is -0.132. The van der Waals surface area contributed by atoms with Crippen LogP contribution in [0.25, 0.3) is 11.0 Å². The van der Waals surface area contributed by atoms with Crippen LogP contribution in [0, 0.1) is 0 Å². The Bertz CT molecular complexity index is 662. The SMILES string of the molecule is O=C(Cn1c(CCl)nc2c(Cl)cccc21)N1CCCCC1. The standard InChI is InChI=1S/C15H17Cl2N3O/c16-9-13-18-15-11(17)5-4-6-12(15)20(13)10-14(21)19-7-2-1-3-8-19/h4-6H,1-3,7-10H2. The zero-order chi connectivity index (χ0) is 14.8. The maximum absolute atomic E-state index is 12.5. The van der Waals surface area contributed by atoms with Gasteiger partial charge >= 0.3 is 0 Å². The number of halogens is 2. The molecule has 0 bridgehead atoms. The molecule has 1 aromatic carbocycles. The summed E-state index contributed by atoms with van der Waals surface area (Å²) in [5.41, 5.74) is 1.57. The third-order valence-electron chi connectivity index (χ3n) is 3.93. The lowest BCUT2D eigenvalue weighted by Crippen LogP contribution is -2.38. The van der Waals surface area contributed by atoms with Gasteiger partial charge in [-0.2, -0.15) is 0 Å². The Balaban J connectivity index is 1.92. The number of nitrogens with zero attached hydrogens (tertiary/aromatic N) is 3. The second-order valence-electron chi connectivity index (χ2n) is 5.30. The maximum Gasteiger partial charge on any atom is 0.242 e. The molecule has 0 atom stereocenters. The Labute approximate surface area is 133 Å². The highest BCUT2D eigenvalue weighted by Gasteiger charge is 2.20. The number of amides is 1. The fourth-order valence-electron chi connectivity index (χ4n) is 2.82. The Kier molecular flexibility index (Phi) is 4.36. The lowest BCUT2D eigenvalue weighted by Gasteiger charge is -2.27. The van der Waals surface area contributed by atoms with Crippen LogP contribution in [-0.2, 0) is 17.2 Å². The molecule has 2 heterocycles. The number of imidazole rings is 1. The highest BCUT2D eigenvalue weighted by molar-refractivity contribution is 6.35. The predicted octanol–water partition coefficient (Wildman–Crippen LogP) is 3.44. The number of likely N-dealkylation sites (tertiary alicyclic amines) is 1. The van der Waals surface area contributed by atoms with E-state index in [1.807, 2.05) is 21.6 Å². The number of piperidine rings is 1. The van der Waals surface area contributed by atoms with Gasteiger partial charge < -0.3 is 9.47 Å². The van der Waals surface area contributed by atoms with Crippen LogP contribution in [0.3, 0.4) is 0 Å². The molecule has 6 heteroatoms. The van der Waals surface area contributed by atoms with E-state index in [-0.39, 0.29) is 18.3 Å². The molecule has 112 valence electrons. The van der Waals surface area contributed by atoms with Crippen LogP contribution in [0.15, 0.2) is 18.2 Å².